The van der Waals surface area contributed by atoms with Crippen molar-refractivity contribution in [3.8, 4) is 0 Å². The van der Waals surface area contributed by atoms with E-state index < -0.39 is 23.4 Å². The number of nitrogens with one attached hydrogen (secondary N) is 1. The second-order valence-electron chi connectivity index (χ2n) is 7.43. The molecular formula is C19H27N3O5. The van der Waals surface area contributed by atoms with Crippen molar-refractivity contribution in [3.63, 3.8) is 0 Å². The van der Waals surface area contributed by atoms with Crippen LogP contribution < -0.4 is 10.2 Å². The number of nitro benzene ring substituents is 1. The Morgan fingerprint density at radius 1 is 1.41 bits per heavy atom. The minimum absolute atomic E-state index is 0.0622. The van der Waals surface area contributed by atoms with Gasteiger partial charge in [0.05, 0.1) is 10.5 Å². The second kappa shape index (κ2) is 9.34. The van der Waals surface area contributed by atoms with Gasteiger partial charge in [-0.05, 0) is 36.8 Å². The summed E-state index contributed by atoms with van der Waals surface area (Å²) in [6.45, 7) is 7.61. The Hall–Kier alpha value is -2.64. The molecule has 27 heavy (non-hydrogen) atoms. The molecule has 0 radical (unpaired) electrons. The normalized spacial score (nSPS) is 16.9. The fraction of sp³-hybridized carbons (Fsp3) is 0.579. The van der Waals surface area contributed by atoms with Crippen LogP contribution >= 0.6 is 0 Å². The van der Waals surface area contributed by atoms with Crippen LogP contribution in [0.1, 0.15) is 44.0 Å². The molecule has 1 aliphatic rings. The number of amides is 1. The molecule has 1 saturated heterocycles. The molecule has 8 heteroatoms. The number of anilines is 1. The molecule has 2 rings (SSSR count). The number of nitrogens with zero attached hydrogens (tertiary/aromatic N) is 2. The first kappa shape index (κ1) is 20.7. The molecule has 1 N–H and O–H groups in total. The number of piperidine rings is 1. The molecule has 0 aromatic heterocycles. The van der Waals surface area contributed by atoms with Crippen LogP contribution in [0.2, 0.25) is 0 Å². The molecule has 1 fully saturated rings. The second-order valence-corrected chi connectivity index (χ2v) is 7.43. The van der Waals surface area contributed by atoms with E-state index in [9.17, 15) is 19.7 Å². The number of carbonyl (C=O) groups is 2. The third kappa shape index (κ3) is 5.94. The summed E-state index contributed by atoms with van der Waals surface area (Å²) < 4.78 is 4.97. The van der Waals surface area contributed by atoms with Gasteiger partial charge in [0, 0.05) is 25.7 Å². The number of carbonyl (C=O) groups excluding carboxylic acids is 2. The highest BCUT2D eigenvalue weighted by molar-refractivity contribution is 5.93. The first-order valence-electron chi connectivity index (χ1n) is 9.25. The van der Waals surface area contributed by atoms with Crippen molar-refractivity contribution in [2.24, 2.45) is 11.8 Å². The highest BCUT2D eigenvalue weighted by atomic mass is 16.6. The van der Waals surface area contributed by atoms with Gasteiger partial charge in [-0.1, -0.05) is 20.8 Å². The lowest BCUT2D eigenvalue weighted by Gasteiger charge is -2.32. The van der Waals surface area contributed by atoms with Gasteiger partial charge in [0.25, 0.3) is 11.6 Å². The fourth-order valence-corrected chi connectivity index (χ4v) is 3.06. The van der Waals surface area contributed by atoms with Crippen LogP contribution in [0.15, 0.2) is 18.2 Å². The summed E-state index contributed by atoms with van der Waals surface area (Å²) in [6.07, 6.45) is 2.08. The van der Waals surface area contributed by atoms with E-state index in [0.717, 1.165) is 25.9 Å². The van der Waals surface area contributed by atoms with Gasteiger partial charge in [0.15, 0.2) is 6.61 Å². The third-order valence-corrected chi connectivity index (χ3v) is 4.45. The minimum Gasteiger partial charge on any atom is -0.452 e. The van der Waals surface area contributed by atoms with E-state index in [1.165, 1.54) is 12.1 Å². The van der Waals surface area contributed by atoms with E-state index in [-0.39, 0.29) is 17.2 Å². The van der Waals surface area contributed by atoms with Crippen LogP contribution in [0.4, 0.5) is 11.4 Å². The average Bonchev–Trinajstić information content (AvgIpc) is 2.63. The average molecular weight is 377 g/mol. The molecule has 1 atom stereocenters. The Morgan fingerprint density at radius 3 is 2.78 bits per heavy atom. The molecule has 0 bridgehead atoms. The van der Waals surface area contributed by atoms with Gasteiger partial charge in [-0.3, -0.25) is 14.9 Å². The number of esters is 1. The van der Waals surface area contributed by atoms with E-state index in [4.69, 9.17) is 4.74 Å². The van der Waals surface area contributed by atoms with Gasteiger partial charge in [-0.25, -0.2) is 4.79 Å². The van der Waals surface area contributed by atoms with Gasteiger partial charge < -0.3 is 15.0 Å². The van der Waals surface area contributed by atoms with Crippen LogP contribution in [0.3, 0.4) is 0 Å². The largest absolute Gasteiger partial charge is 0.452 e. The molecule has 148 valence electrons. The first-order valence-corrected chi connectivity index (χ1v) is 9.25. The maximum atomic E-state index is 12.2. The zero-order valence-corrected chi connectivity index (χ0v) is 16.1. The highest BCUT2D eigenvalue weighted by Crippen LogP contribution is 2.32. The van der Waals surface area contributed by atoms with E-state index >= 15 is 0 Å². The van der Waals surface area contributed by atoms with Crippen LogP contribution in [0, 0.1) is 22.0 Å². The Bertz CT molecular complexity index is 705. The summed E-state index contributed by atoms with van der Waals surface area (Å²) in [5.74, 6) is -0.397. The standard InChI is InChI=1S/C19H27N3O5/c1-13(2)10-20-18(23)12-27-19(24)15-6-7-16(17(9-15)22(25)26)21-8-4-5-14(3)11-21/h6-7,9,13-14H,4-5,8,10-12H2,1-3H3,(H,20,23)/t14-/m0/s1. The number of hydrogen-bond acceptors (Lipinski definition) is 6. The zero-order valence-electron chi connectivity index (χ0n) is 16.1. The molecule has 0 aliphatic carbocycles. The Labute approximate surface area is 159 Å². The van der Waals surface area contributed by atoms with Crippen LogP contribution in [0.25, 0.3) is 0 Å². The van der Waals surface area contributed by atoms with Gasteiger partial charge in [0.2, 0.25) is 0 Å². The maximum Gasteiger partial charge on any atom is 0.338 e. The summed E-state index contributed by atoms with van der Waals surface area (Å²) in [7, 11) is 0. The smallest absolute Gasteiger partial charge is 0.338 e. The van der Waals surface area contributed by atoms with Crippen molar-refractivity contribution < 1.29 is 19.2 Å². The molecule has 1 heterocycles. The molecular weight excluding hydrogens is 350 g/mol. The van der Waals surface area contributed by atoms with Crippen LogP contribution in [0.5, 0.6) is 0 Å². The number of benzene rings is 1. The first-order chi connectivity index (χ1) is 12.8. The van der Waals surface area contributed by atoms with Crippen molar-refractivity contribution in [2.45, 2.75) is 33.6 Å². The molecule has 1 aromatic carbocycles. The summed E-state index contributed by atoms with van der Waals surface area (Å²) in [5.41, 5.74) is 0.452. The quantitative estimate of drug-likeness (QED) is 0.445. The fourth-order valence-electron chi connectivity index (χ4n) is 3.06. The van der Waals surface area contributed by atoms with Crippen molar-refractivity contribution in [3.05, 3.63) is 33.9 Å². The van der Waals surface area contributed by atoms with Gasteiger partial charge in [-0.2, -0.15) is 0 Å². The molecule has 1 aromatic rings. The summed E-state index contributed by atoms with van der Waals surface area (Å²) >= 11 is 0. The SMILES string of the molecule is CC(C)CNC(=O)COC(=O)c1ccc(N2CCC[C@H](C)C2)c([N+](=O)[O-])c1. The number of rotatable bonds is 7. The molecule has 0 saturated carbocycles. The summed E-state index contributed by atoms with van der Waals surface area (Å²) in [6, 6.07) is 4.32. The van der Waals surface area contributed by atoms with E-state index in [2.05, 4.69) is 12.2 Å². The van der Waals surface area contributed by atoms with Gasteiger partial charge in [-0.15, -0.1) is 0 Å². The van der Waals surface area contributed by atoms with Crippen molar-refractivity contribution in [2.75, 3.05) is 31.1 Å². The zero-order chi connectivity index (χ0) is 20.0. The van der Waals surface area contributed by atoms with Gasteiger partial charge >= 0.3 is 5.97 Å². The predicted molar refractivity (Wildman–Crippen MR) is 102 cm³/mol. The lowest BCUT2D eigenvalue weighted by atomic mass is 9.99. The van der Waals surface area contributed by atoms with Crippen molar-refractivity contribution in [1.29, 1.82) is 0 Å². The Balaban J connectivity index is 2.07. The Kier molecular flexibility index (Phi) is 7.15. The van der Waals surface area contributed by atoms with Crippen molar-refractivity contribution >= 4 is 23.3 Å². The molecule has 8 nitrogen and oxygen atoms in total. The molecule has 1 amide bonds. The van der Waals surface area contributed by atoms with E-state index in [0.29, 0.717) is 18.2 Å². The van der Waals surface area contributed by atoms with E-state index in [1.54, 1.807) is 6.07 Å². The lowest BCUT2D eigenvalue weighted by Crippen LogP contribution is -2.34. The summed E-state index contributed by atoms with van der Waals surface area (Å²) in [4.78, 5) is 36.8. The molecule has 0 unspecified atom stereocenters. The minimum atomic E-state index is -0.753. The monoisotopic (exact) mass is 377 g/mol. The third-order valence-electron chi connectivity index (χ3n) is 4.45. The molecule has 1 aliphatic heterocycles. The Morgan fingerprint density at radius 2 is 2.15 bits per heavy atom. The predicted octanol–water partition coefficient (Wildman–Crippen LogP) is 2.76. The number of hydrogen-bond donors (Lipinski definition) is 1. The van der Waals surface area contributed by atoms with Crippen LogP contribution in [-0.4, -0.2) is 43.0 Å². The highest BCUT2D eigenvalue weighted by Gasteiger charge is 2.25. The van der Waals surface area contributed by atoms with Gasteiger partial charge in [0.1, 0.15) is 5.69 Å². The van der Waals surface area contributed by atoms with E-state index in [1.807, 2.05) is 18.7 Å². The van der Waals surface area contributed by atoms with Crippen LogP contribution in [-0.2, 0) is 9.53 Å². The lowest BCUT2D eigenvalue weighted by molar-refractivity contribution is -0.384. The topological polar surface area (TPSA) is 102 Å². The number of ether oxygens (including phenoxy) is 1. The van der Waals surface area contributed by atoms with Crippen molar-refractivity contribution in [1.82, 2.24) is 5.32 Å². The summed E-state index contributed by atoms with van der Waals surface area (Å²) in [5, 5.41) is 14.1. The molecule has 0 spiro atoms. The number of nitro groups is 1. The maximum absolute atomic E-state index is 12.2.